The number of benzene rings is 1. The number of nitrogens with zero attached hydrogens (tertiary/aromatic N) is 3. The van der Waals surface area contributed by atoms with E-state index in [1.807, 2.05) is 25.1 Å². The van der Waals surface area contributed by atoms with Crippen molar-refractivity contribution in [3.8, 4) is 11.3 Å². The normalized spacial score (nSPS) is 11.0. The highest BCUT2D eigenvalue weighted by Gasteiger charge is 2.06. The average Bonchev–Trinajstić information content (AvgIpc) is 2.77. The molecule has 0 saturated heterocycles. The van der Waals surface area contributed by atoms with E-state index < -0.39 is 0 Å². The first-order valence-corrected chi connectivity index (χ1v) is 5.56. The maximum atomic E-state index is 9.03. The molecule has 5 nitrogen and oxygen atoms in total. The van der Waals surface area contributed by atoms with Crippen LogP contribution in [0.1, 0.15) is 11.7 Å². The van der Waals surface area contributed by atoms with E-state index in [2.05, 4.69) is 15.0 Å². The summed E-state index contributed by atoms with van der Waals surface area (Å²) in [7, 11) is 0. The number of fused-ring (bicyclic) bond motifs is 1. The van der Waals surface area contributed by atoms with Crippen LogP contribution in [0.4, 0.5) is 0 Å². The summed E-state index contributed by atoms with van der Waals surface area (Å²) in [5.74, 6) is 1.05. The van der Waals surface area contributed by atoms with Gasteiger partial charge in [-0.25, -0.2) is 15.0 Å². The Bertz CT molecular complexity index is 706. The SMILES string of the molecule is Cc1nc2cc(-c3ccnc(CO)n3)ccc2o1. The Balaban J connectivity index is 2.12. The number of hydrogen-bond acceptors (Lipinski definition) is 5. The van der Waals surface area contributed by atoms with Gasteiger partial charge in [0.1, 0.15) is 12.1 Å². The van der Waals surface area contributed by atoms with Gasteiger partial charge in [-0.15, -0.1) is 0 Å². The van der Waals surface area contributed by atoms with Gasteiger partial charge in [-0.05, 0) is 24.3 Å². The Morgan fingerprint density at radius 2 is 2.11 bits per heavy atom. The predicted octanol–water partition coefficient (Wildman–Crippen LogP) is 2.09. The number of hydrogen-bond donors (Lipinski definition) is 1. The fourth-order valence-electron chi connectivity index (χ4n) is 1.84. The topological polar surface area (TPSA) is 72.0 Å². The molecule has 3 aromatic rings. The van der Waals surface area contributed by atoms with E-state index in [4.69, 9.17) is 9.52 Å². The van der Waals surface area contributed by atoms with Crippen molar-refractivity contribution in [3.05, 3.63) is 42.2 Å². The second kappa shape index (κ2) is 4.19. The van der Waals surface area contributed by atoms with Crippen LogP contribution in [0.2, 0.25) is 0 Å². The van der Waals surface area contributed by atoms with E-state index in [1.54, 1.807) is 12.3 Å². The van der Waals surface area contributed by atoms with Crippen molar-refractivity contribution in [2.24, 2.45) is 0 Å². The molecule has 0 unspecified atom stereocenters. The fourth-order valence-corrected chi connectivity index (χ4v) is 1.84. The largest absolute Gasteiger partial charge is 0.441 e. The highest BCUT2D eigenvalue weighted by Crippen LogP contribution is 2.23. The van der Waals surface area contributed by atoms with Crippen molar-refractivity contribution in [2.75, 3.05) is 0 Å². The van der Waals surface area contributed by atoms with Crippen molar-refractivity contribution >= 4 is 11.1 Å². The first kappa shape index (κ1) is 10.9. The highest BCUT2D eigenvalue weighted by atomic mass is 16.3. The number of aliphatic hydroxyl groups is 1. The monoisotopic (exact) mass is 241 g/mol. The molecule has 2 aromatic heterocycles. The molecule has 0 amide bonds. The van der Waals surface area contributed by atoms with Crippen LogP contribution in [0.3, 0.4) is 0 Å². The molecule has 2 heterocycles. The van der Waals surface area contributed by atoms with E-state index in [1.165, 1.54) is 0 Å². The van der Waals surface area contributed by atoms with E-state index in [0.29, 0.717) is 11.7 Å². The summed E-state index contributed by atoms with van der Waals surface area (Å²) in [6.45, 7) is 1.65. The lowest BCUT2D eigenvalue weighted by Crippen LogP contribution is -1.95. The van der Waals surface area contributed by atoms with Crippen molar-refractivity contribution in [1.82, 2.24) is 15.0 Å². The number of aromatic nitrogens is 3. The lowest BCUT2D eigenvalue weighted by molar-refractivity contribution is 0.271. The molecule has 18 heavy (non-hydrogen) atoms. The minimum atomic E-state index is -0.168. The summed E-state index contributed by atoms with van der Waals surface area (Å²) in [4.78, 5) is 12.5. The fraction of sp³-hybridized carbons (Fsp3) is 0.154. The van der Waals surface area contributed by atoms with E-state index in [0.717, 1.165) is 22.4 Å². The first-order chi connectivity index (χ1) is 8.76. The molecule has 0 fully saturated rings. The van der Waals surface area contributed by atoms with E-state index >= 15 is 0 Å². The van der Waals surface area contributed by atoms with Crippen molar-refractivity contribution in [3.63, 3.8) is 0 Å². The van der Waals surface area contributed by atoms with Crippen LogP contribution >= 0.6 is 0 Å². The molecule has 0 bridgehead atoms. The lowest BCUT2D eigenvalue weighted by Gasteiger charge is -2.01. The Kier molecular flexibility index (Phi) is 2.53. The van der Waals surface area contributed by atoms with Crippen LogP contribution in [0.5, 0.6) is 0 Å². The molecule has 1 N–H and O–H groups in total. The molecule has 90 valence electrons. The van der Waals surface area contributed by atoms with Gasteiger partial charge in [0.2, 0.25) is 0 Å². The van der Waals surface area contributed by atoms with Gasteiger partial charge in [-0.2, -0.15) is 0 Å². The number of oxazole rings is 1. The van der Waals surface area contributed by atoms with Gasteiger partial charge in [0.15, 0.2) is 17.3 Å². The Morgan fingerprint density at radius 3 is 2.94 bits per heavy atom. The molecule has 0 spiro atoms. The zero-order valence-corrected chi connectivity index (χ0v) is 9.79. The van der Waals surface area contributed by atoms with Crippen LogP contribution in [0, 0.1) is 6.92 Å². The molecule has 0 aliphatic heterocycles. The van der Waals surface area contributed by atoms with Crippen LogP contribution in [0.25, 0.3) is 22.4 Å². The summed E-state index contributed by atoms with van der Waals surface area (Å²) < 4.78 is 5.42. The third-order valence-corrected chi connectivity index (χ3v) is 2.64. The third-order valence-electron chi connectivity index (χ3n) is 2.64. The zero-order chi connectivity index (χ0) is 12.5. The van der Waals surface area contributed by atoms with Crippen LogP contribution in [-0.4, -0.2) is 20.1 Å². The van der Waals surface area contributed by atoms with Gasteiger partial charge in [0, 0.05) is 18.7 Å². The molecule has 5 heteroatoms. The second-order valence-corrected chi connectivity index (χ2v) is 3.93. The quantitative estimate of drug-likeness (QED) is 0.743. The second-order valence-electron chi connectivity index (χ2n) is 3.93. The smallest absolute Gasteiger partial charge is 0.192 e. The van der Waals surface area contributed by atoms with Crippen LogP contribution < -0.4 is 0 Å². The van der Waals surface area contributed by atoms with Crippen LogP contribution in [0.15, 0.2) is 34.9 Å². The first-order valence-electron chi connectivity index (χ1n) is 5.56. The minimum absolute atomic E-state index is 0.168. The average molecular weight is 241 g/mol. The number of rotatable bonds is 2. The molecular formula is C13H11N3O2. The standard InChI is InChI=1S/C13H11N3O2/c1-8-15-11-6-9(2-3-12(11)18-8)10-4-5-14-13(7-17)16-10/h2-6,17H,7H2,1H3. The predicted molar refractivity (Wildman–Crippen MR) is 65.7 cm³/mol. The van der Waals surface area contributed by atoms with Gasteiger partial charge in [0.05, 0.1) is 5.69 Å². The lowest BCUT2D eigenvalue weighted by atomic mass is 10.1. The summed E-state index contributed by atoms with van der Waals surface area (Å²) in [5, 5.41) is 9.03. The number of aliphatic hydroxyl groups excluding tert-OH is 1. The summed E-state index contributed by atoms with van der Waals surface area (Å²) in [5.41, 5.74) is 3.24. The summed E-state index contributed by atoms with van der Waals surface area (Å²) >= 11 is 0. The Labute approximate surface area is 103 Å². The maximum Gasteiger partial charge on any atom is 0.192 e. The van der Waals surface area contributed by atoms with Gasteiger partial charge in [-0.1, -0.05) is 0 Å². The molecular weight excluding hydrogens is 230 g/mol. The van der Waals surface area contributed by atoms with E-state index in [-0.39, 0.29) is 6.61 Å². The van der Waals surface area contributed by atoms with Crippen molar-refractivity contribution < 1.29 is 9.52 Å². The van der Waals surface area contributed by atoms with Crippen molar-refractivity contribution in [1.29, 1.82) is 0 Å². The Hall–Kier alpha value is -2.27. The third kappa shape index (κ3) is 1.84. The summed E-state index contributed by atoms with van der Waals surface area (Å²) in [6, 6.07) is 7.49. The van der Waals surface area contributed by atoms with Gasteiger partial charge in [-0.3, -0.25) is 0 Å². The molecule has 3 rings (SSSR count). The minimum Gasteiger partial charge on any atom is -0.441 e. The number of aryl methyl sites for hydroxylation is 1. The molecule has 0 aliphatic carbocycles. The molecule has 0 aliphatic rings. The molecule has 1 aromatic carbocycles. The molecule has 0 atom stereocenters. The molecule has 0 radical (unpaired) electrons. The van der Waals surface area contributed by atoms with Gasteiger partial charge >= 0.3 is 0 Å². The van der Waals surface area contributed by atoms with Gasteiger partial charge in [0.25, 0.3) is 0 Å². The summed E-state index contributed by atoms with van der Waals surface area (Å²) in [6.07, 6.45) is 1.63. The Morgan fingerprint density at radius 1 is 1.22 bits per heavy atom. The van der Waals surface area contributed by atoms with Gasteiger partial charge < -0.3 is 9.52 Å². The highest BCUT2D eigenvalue weighted by molar-refractivity contribution is 5.79. The molecule has 0 saturated carbocycles. The maximum absolute atomic E-state index is 9.03. The van der Waals surface area contributed by atoms with E-state index in [9.17, 15) is 0 Å². The van der Waals surface area contributed by atoms with Crippen molar-refractivity contribution in [2.45, 2.75) is 13.5 Å². The van der Waals surface area contributed by atoms with Crippen LogP contribution in [-0.2, 0) is 6.61 Å². The zero-order valence-electron chi connectivity index (χ0n) is 9.79.